The van der Waals surface area contributed by atoms with Crippen LogP contribution in [0.5, 0.6) is 0 Å². The van der Waals surface area contributed by atoms with Gasteiger partial charge in [0, 0.05) is 45.8 Å². The molecule has 1 saturated heterocycles. The number of imidazole rings is 1. The smallest absolute Gasteiger partial charge is 0.332 e. The van der Waals surface area contributed by atoms with Crippen molar-refractivity contribution in [3.63, 3.8) is 0 Å². The molecule has 0 bridgehead atoms. The highest BCUT2D eigenvalue weighted by Gasteiger charge is 2.27. The molecule has 1 aliphatic rings. The molecule has 4 aromatic rings. The summed E-state index contributed by atoms with van der Waals surface area (Å²) in [6.45, 7) is 4.26. The number of amides is 1. The minimum absolute atomic E-state index is 0.0225. The Labute approximate surface area is 206 Å². The third-order valence-corrected chi connectivity index (χ3v) is 6.73. The quantitative estimate of drug-likeness (QED) is 0.436. The first-order chi connectivity index (χ1) is 17.2. The number of aromatic nitrogens is 4. The Kier molecular flexibility index (Phi) is 5.95. The topological polar surface area (TPSA) is 85.4 Å². The van der Waals surface area contributed by atoms with Crippen LogP contribution in [0.2, 0.25) is 0 Å². The molecule has 1 aliphatic heterocycles. The van der Waals surface area contributed by atoms with Crippen LogP contribution in [0.3, 0.4) is 0 Å². The highest BCUT2D eigenvalue weighted by atomic mass is 19.1. The Balaban J connectivity index is 1.50. The van der Waals surface area contributed by atoms with Crippen molar-refractivity contribution in [1.29, 1.82) is 0 Å². The van der Waals surface area contributed by atoms with Crippen LogP contribution in [0.1, 0.15) is 21.5 Å². The van der Waals surface area contributed by atoms with E-state index in [9.17, 15) is 18.8 Å². The first kappa shape index (κ1) is 23.5. The van der Waals surface area contributed by atoms with Gasteiger partial charge in [0.1, 0.15) is 5.82 Å². The van der Waals surface area contributed by atoms with Gasteiger partial charge in [-0.15, -0.1) is 0 Å². The second-order valence-electron chi connectivity index (χ2n) is 9.15. The van der Waals surface area contributed by atoms with Crippen molar-refractivity contribution in [3.8, 4) is 0 Å². The number of nitrogens with zero attached hydrogens (tertiary/aromatic N) is 6. The summed E-state index contributed by atoms with van der Waals surface area (Å²) in [5.41, 5.74) is 2.23. The molecular weight excluding hydrogens is 463 g/mol. The number of halogens is 1. The van der Waals surface area contributed by atoms with Crippen LogP contribution in [0.25, 0.3) is 11.2 Å². The summed E-state index contributed by atoms with van der Waals surface area (Å²) >= 11 is 0. The number of rotatable bonds is 4. The van der Waals surface area contributed by atoms with E-state index >= 15 is 0 Å². The van der Waals surface area contributed by atoms with E-state index in [4.69, 9.17) is 4.98 Å². The van der Waals surface area contributed by atoms with Crippen molar-refractivity contribution in [2.45, 2.75) is 13.5 Å². The molecule has 36 heavy (non-hydrogen) atoms. The summed E-state index contributed by atoms with van der Waals surface area (Å²) in [5.74, 6) is 0.169. The van der Waals surface area contributed by atoms with Crippen molar-refractivity contribution in [3.05, 3.63) is 91.9 Å². The fourth-order valence-corrected chi connectivity index (χ4v) is 4.59. The van der Waals surface area contributed by atoms with Crippen molar-refractivity contribution in [2.75, 3.05) is 31.1 Å². The monoisotopic (exact) mass is 490 g/mol. The number of carbonyl (C=O) groups excluding carboxylic acids is 1. The molecule has 0 aliphatic carbocycles. The number of benzene rings is 2. The lowest BCUT2D eigenvalue weighted by Gasteiger charge is -2.35. The maximum Gasteiger partial charge on any atom is 0.332 e. The molecule has 10 heteroatoms. The Morgan fingerprint density at radius 3 is 2.19 bits per heavy atom. The Morgan fingerprint density at radius 2 is 1.56 bits per heavy atom. The van der Waals surface area contributed by atoms with E-state index in [1.807, 2.05) is 41.0 Å². The fraction of sp³-hybridized carbons (Fsp3) is 0.308. The van der Waals surface area contributed by atoms with Gasteiger partial charge in [-0.2, -0.15) is 4.98 Å². The summed E-state index contributed by atoms with van der Waals surface area (Å²) in [7, 11) is 3.02. The van der Waals surface area contributed by atoms with E-state index in [1.54, 1.807) is 23.7 Å². The summed E-state index contributed by atoms with van der Waals surface area (Å²) in [6, 6.07) is 13.6. The number of aryl methyl sites for hydroxylation is 2. The molecule has 9 nitrogen and oxygen atoms in total. The van der Waals surface area contributed by atoms with E-state index in [0.717, 1.165) is 15.7 Å². The van der Waals surface area contributed by atoms with Crippen molar-refractivity contribution in [2.24, 2.45) is 14.1 Å². The van der Waals surface area contributed by atoms with Crippen LogP contribution in [0.4, 0.5) is 10.3 Å². The highest BCUT2D eigenvalue weighted by Crippen LogP contribution is 2.23. The SMILES string of the molecule is Cc1ccc(C(=O)N2CCN(c3nc4c(c(=O)n(C)c(=O)n4C)n3Cc3ccc(F)cc3)CC2)cc1. The highest BCUT2D eigenvalue weighted by molar-refractivity contribution is 5.94. The first-order valence-electron chi connectivity index (χ1n) is 11.8. The zero-order chi connectivity index (χ0) is 25.6. The number of piperazine rings is 1. The van der Waals surface area contributed by atoms with Gasteiger partial charge in [-0.05, 0) is 36.8 Å². The Bertz CT molecular complexity index is 1560. The molecule has 3 heterocycles. The Hall–Kier alpha value is -4.21. The van der Waals surface area contributed by atoms with Gasteiger partial charge in [0.05, 0.1) is 6.54 Å². The first-order valence-corrected chi connectivity index (χ1v) is 11.8. The number of hydrogen-bond acceptors (Lipinski definition) is 5. The van der Waals surface area contributed by atoms with Gasteiger partial charge >= 0.3 is 5.69 Å². The zero-order valence-electron chi connectivity index (χ0n) is 20.4. The molecule has 0 spiro atoms. The van der Waals surface area contributed by atoms with Crippen LogP contribution >= 0.6 is 0 Å². The standard InChI is InChI=1S/C26H27FN6O3/c1-17-4-8-19(9-5-17)23(34)31-12-14-32(15-13-31)25-28-22-21(24(35)30(3)26(36)29(22)2)33(25)16-18-6-10-20(27)11-7-18/h4-11H,12-16H2,1-3H3. The molecule has 0 radical (unpaired) electrons. The normalized spacial score (nSPS) is 14.0. The largest absolute Gasteiger partial charge is 0.339 e. The molecule has 1 amide bonds. The van der Waals surface area contributed by atoms with Gasteiger partial charge in [0.15, 0.2) is 11.2 Å². The van der Waals surface area contributed by atoms with E-state index in [0.29, 0.717) is 48.9 Å². The molecular formula is C26H27FN6O3. The van der Waals surface area contributed by atoms with Gasteiger partial charge in [-0.25, -0.2) is 9.18 Å². The molecule has 0 saturated carbocycles. The molecule has 0 N–H and O–H groups in total. The van der Waals surface area contributed by atoms with Gasteiger partial charge in [0.2, 0.25) is 5.95 Å². The number of anilines is 1. The molecule has 186 valence electrons. The summed E-state index contributed by atoms with van der Waals surface area (Å²) in [6.07, 6.45) is 0. The average molecular weight is 491 g/mol. The lowest BCUT2D eigenvalue weighted by Crippen LogP contribution is -2.49. The zero-order valence-corrected chi connectivity index (χ0v) is 20.4. The molecule has 0 unspecified atom stereocenters. The van der Waals surface area contributed by atoms with Crippen molar-refractivity contribution < 1.29 is 9.18 Å². The van der Waals surface area contributed by atoms with E-state index in [1.165, 1.54) is 23.7 Å². The average Bonchev–Trinajstić information content (AvgIpc) is 3.27. The maximum absolute atomic E-state index is 13.5. The third-order valence-electron chi connectivity index (χ3n) is 6.73. The third kappa shape index (κ3) is 4.08. The van der Waals surface area contributed by atoms with E-state index in [-0.39, 0.29) is 18.3 Å². The lowest BCUT2D eigenvalue weighted by atomic mass is 10.1. The fourth-order valence-electron chi connectivity index (χ4n) is 4.59. The summed E-state index contributed by atoms with van der Waals surface area (Å²) in [5, 5.41) is 0. The van der Waals surface area contributed by atoms with Gasteiger partial charge in [-0.3, -0.25) is 23.3 Å². The van der Waals surface area contributed by atoms with Crippen molar-refractivity contribution in [1.82, 2.24) is 23.6 Å². The van der Waals surface area contributed by atoms with Crippen LogP contribution < -0.4 is 16.1 Å². The second kappa shape index (κ2) is 9.10. The van der Waals surface area contributed by atoms with Gasteiger partial charge < -0.3 is 9.80 Å². The molecule has 1 fully saturated rings. The number of hydrogen-bond donors (Lipinski definition) is 0. The minimum Gasteiger partial charge on any atom is -0.339 e. The van der Waals surface area contributed by atoms with Crippen LogP contribution in [-0.2, 0) is 20.6 Å². The molecule has 5 rings (SSSR count). The van der Waals surface area contributed by atoms with Crippen molar-refractivity contribution >= 4 is 23.0 Å². The molecule has 2 aromatic carbocycles. The predicted octanol–water partition coefficient (Wildman–Crippen LogP) is 1.89. The van der Waals surface area contributed by atoms with Crippen LogP contribution in [0, 0.1) is 12.7 Å². The molecule has 2 aromatic heterocycles. The number of carbonyl (C=O) groups is 1. The Morgan fingerprint density at radius 1 is 0.917 bits per heavy atom. The minimum atomic E-state index is -0.459. The van der Waals surface area contributed by atoms with Gasteiger partial charge in [0.25, 0.3) is 11.5 Å². The summed E-state index contributed by atoms with van der Waals surface area (Å²) in [4.78, 5) is 47.2. The van der Waals surface area contributed by atoms with Crippen LogP contribution in [-0.4, -0.2) is 55.7 Å². The van der Waals surface area contributed by atoms with E-state index < -0.39 is 11.2 Å². The maximum atomic E-state index is 13.5. The van der Waals surface area contributed by atoms with Gasteiger partial charge in [-0.1, -0.05) is 29.8 Å². The number of fused-ring (bicyclic) bond motifs is 1. The van der Waals surface area contributed by atoms with E-state index in [2.05, 4.69) is 0 Å². The molecule has 0 atom stereocenters. The summed E-state index contributed by atoms with van der Waals surface area (Å²) < 4.78 is 17.7. The predicted molar refractivity (Wildman–Crippen MR) is 135 cm³/mol. The lowest BCUT2D eigenvalue weighted by molar-refractivity contribution is 0.0746. The second-order valence-corrected chi connectivity index (χ2v) is 9.15. The van der Waals surface area contributed by atoms with Crippen LogP contribution in [0.15, 0.2) is 58.1 Å².